The molecule has 44 valence electrons. The summed E-state index contributed by atoms with van der Waals surface area (Å²) < 4.78 is 0.887. The zero-order valence-corrected chi connectivity index (χ0v) is 6.89. The topological polar surface area (TPSA) is 0 Å². The van der Waals surface area contributed by atoms with Crippen molar-refractivity contribution in [3.63, 3.8) is 0 Å². The van der Waals surface area contributed by atoms with Gasteiger partial charge in [-0.3, -0.25) is 0 Å². The molecule has 3 fully saturated rings. The standard InChI is InChI=1S/C7H9I/c8-7-4-1-5(7)3-6(7)2-4/h4-6H,1-3H2. The third-order valence-electron chi connectivity index (χ3n) is 3.58. The summed E-state index contributed by atoms with van der Waals surface area (Å²) >= 11 is 2.72. The number of halogens is 1. The van der Waals surface area contributed by atoms with Gasteiger partial charge in [0.1, 0.15) is 0 Å². The molecule has 0 aromatic rings. The van der Waals surface area contributed by atoms with Crippen LogP contribution in [0.3, 0.4) is 0 Å². The first kappa shape index (κ1) is 4.53. The Hall–Kier alpha value is 0.730. The lowest BCUT2D eigenvalue weighted by Gasteiger charge is -2.75. The Balaban J connectivity index is 2.04. The molecule has 0 heterocycles. The summed E-state index contributed by atoms with van der Waals surface area (Å²) in [5, 5.41) is 0. The van der Waals surface area contributed by atoms with Gasteiger partial charge in [-0.25, -0.2) is 0 Å². The van der Waals surface area contributed by atoms with Crippen LogP contribution in [0.4, 0.5) is 0 Å². The Kier molecular flexibility index (Phi) is 0.565. The summed E-state index contributed by atoms with van der Waals surface area (Å²) in [6, 6.07) is 0. The highest BCUT2D eigenvalue weighted by molar-refractivity contribution is 14.1. The highest BCUT2D eigenvalue weighted by Crippen LogP contribution is 2.77. The van der Waals surface area contributed by atoms with Crippen molar-refractivity contribution in [2.75, 3.05) is 0 Å². The number of alkyl halides is 1. The van der Waals surface area contributed by atoms with Gasteiger partial charge in [-0.05, 0) is 37.0 Å². The van der Waals surface area contributed by atoms with E-state index in [2.05, 4.69) is 22.6 Å². The first-order valence-electron chi connectivity index (χ1n) is 3.50. The van der Waals surface area contributed by atoms with Crippen LogP contribution < -0.4 is 0 Å². The maximum absolute atomic E-state index is 2.72. The molecule has 3 rings (SSSR count). The van der Waals surface area contributed by atoms with E-state index in [1.54, 1.807) is 19.3 Å². The molecule has 3 aliphatic carbocycles. The summed E-state index contributed by atoms with van der Waals surface area (Å²) in [6.07, 6.45) is 4.75. The second kappa shape index (κ2) is 0.998. The van der Waals surface area contributed by atoms with Crippen LogP contribution in [0.15, 0.2) is 0 Å². The summed E-state index contributed by atoms with van der Waals surface area (Å²) in [4.78, 5) is 0. The van der Waals surface area contributed by atoms with Gasteiger partial charge >= 0.3 is 0 Å². The second-order valence-electron chi connectivity index (χ2n) is 3.63. The fraction of sp³-hybridized carbons (Fsp3) is 1.00. The van der Waals surface area contributed by atoms with Gasteiger partial charge in [-0.15, -0.1) is 0 Å². The summed E-state index contributed by atoms with van der Waals surface area (Å²) in [5.74, 6) is 3.52. The number of hydrogen-bond acceptors (Lipinski definition) is 0. The molecule has 0 radical (unpaired) electrons. The Morgan fingerprint density at radius 1 is 1.00 bits per heavy atom. The predicted molar refractivity (Wildman–Crippen MR) is 41.1 cm³/mol. The quantitative estimate of drug-likeness (QED) is 0.433. The molecule has 0 amide bonds. The average Bonchev–Trinajstić information content (AvgIpc) is 1.90. The Labute approximate surface area is 63.2 Å². The third kappa shape index (κ3) is 0.234. The van der Waals surface area contributed by atoms with E-state index in [9.17, 15) is 0 Å². The predicted octanol–water partition coefficient (Wildman–Crippen LogP) is 2.22. The molecule has 0 atom stereocenters. The lowest BCUT2D eigenvalue weighted by molar-refractivity contribution is -0.144. The van der Waals surface area contributed by atoms with Crippen molar-refractivity contribution < 1.29 is 0 Å². The molecule has 0 aliphatic heterocycles. The van der Waals surface area contributed by atoms with Crippen molar-refractivity contribution in [3.05, 3.63) is 0 Å². The molecule has 0 nitrogen and oxygen atoms in total. The van der Waals surface area contributed by atoms with Crippen molar-refractivity contribution in [1.82, 2.24) is 0 Å². The minimum absolute atomic E-state index is 0.887. The van der Waals surface area contributed by atoms with Gasteiger partial charge < -0.3 is 0 Å². The molecular formula is C7H9I. The van der Waals surface area contributed by atoms with Crippen LogP contribution in [0.2, 0.25) is 0 Å². The fourth-order valence-corrected chi connectivity index (χ4v) is 4.45. The first-order valence-corrected chi connectivity index (χ1v) is 4.58. The van der Waals surface area contributed by atoms with Crippen LogP contribution in [-0.4, -0.2) is 3.42 Å². The van der Waals surface area contributed by atoms with Crippen LogP contribution >= 0.6 is 22.6 Å². The smallest absolute Gasteiger partial charge is 0.0307 e. The molecule has 0 saturated heterocycles. The van der Waals surface area contributed by atoms with E-state index in [4.69, 9.17) is 0 Å². The van der Waals surface area contributed by atoms with E-state index in [1.165, 1.54) is 17.8 Å². The van der Waals surface area contributed by atoms with Gasteiger partial charge in [0.15, 0.2) is 0 Å². The van der Waals surface area contributed by atoms with Gasteiger partial charge in [0, 0.05) is 3.42 Å². The minimum Gasteiger partial charge on any atom is -0.0780 e. The van der Waals surface area contributed by atoms with Crippen molar-refractivity contribution in [2.24, 2.45) is 17.8 Å². The number of hydrogen-bond donors (Lipinski definition) is 0. The molecule has 1 heteroatoms. The Bertz CT molecular complexity index is 120. The van der Waals surface area contributed by atoms with Crippen molar-refractivity contribution in [1.29, 1.82) is 0 Å². The van der Waals surface area contributed by atoms with Crippen molar-refractivity contribution in [2.45, 2.75) is 22.7 Å². The second-order valence-corrected chi connectivity index (χ2v) is 5.49. The molecule has 0 aromatic carbocycles. The third-order valence-corrected chi connectivity index (χ3v) is 6.23. The maximum Gasteiger partial charge on any atom is 0.0307 e. The summed E-state index contributed by atoms with van der Waals surface area (Å²) in [6.45, 7) is 0. The summed E-state index contributed by atoms with van der Waals surface area (Å²) in [5.41, 5.74) is 0. The largest absolute Gasteiger partial charge is 0.0780 e. The van der Waals surface area contributed by atoms with Gasteiger partial charge in [0.25, 0.3) is 0 Å². The molecule has 3 saturated carbocycles. The first-order chi connectivity index (χ1) is 3.82. The molecular weight excluding hydrogens is 211 g/mol. The highest BCUT2D eigenvalue weighted by atomic mass is 127. The maximum atomic E-state index is 2.72. The van der Waals surface area contributed by atoms with E-state index >= 15 is 0 Å². The van der Waals surface area contributed by atoms with E-state index in [0.29, 0.717) is 0 Å². The van der Waals surface area contributed by atoms with Crippen molar-refractivity contribution >= 4 is 22.6 Å². The van der Waals surface area contributed by atoms with Crippen LogP contribution in [0, 0.1) is 17.8 Å². The number of rotatable bonds is 0. The Morgan fingerprint density at radius 2 is 1.38 bits per heavy atom. The Morgan fingerprint density at radius 3 is 1.38 bits per heavy atom. The monoisotopic (exact) mass is 220 g/mol. The van der Waals surface area contributed by atoms with Crippen LogP contribution in [0.1, 0.15) is 19.3 Å². The average molecular weight is 220 g/mol. The van der Waals surface area contributed by atoms with Crippen LogP contribution in [0.25, 0.3) is 0 Å². The van der Waals surface area contributed by atoms with E-state index in [0.717, 1.165) is 3.42 Å². The lowest BCUT2D eigenvalue weighted by atomic mass is 9.37. The van der Waals surface area contributed by atoms with Crippen LogP contribution in [-0.2, 0) is 0 Å². The van der Waals surface area contributed by atoms with Gasteiger partial charge in [0.05, 0.1) is 0 Å². The van der Waals surface area contributed by atoms with Gasteiger partial charge in [-0.1, -0.05) is 22.6 Å². The van der Waals surface area contributed by atoms with Crippen LogP contribution in [0.5, 0.6) is 0 Å². The SMILES string of the molecule is IC12C3CC1CC2C3. The molecule has 3 aliphatic rings. The summed E-state index contributed by atoms with van der Waals surface area (Å²) in [7, 11) is 0. The minimum atomic E-state index is 0.887. The molecule has 0 N–H and O–H groups in total. The van der Waals surface area contributed by atoms with E-state index < -0.39 is 0 Å². The molecule has 0 spiro atoms. The zero-order chi connectivity index (χ0) is 5.35. The van der Waals surface area contributed by atoms with E-state index in [-0.39, 0.29) is 0 Å². The van der Waals surface area contributed by atoms with Crippen molar-refractivity contribution in [3.8, 4) is 0 Å². The highest BCUT2D eigenvalue weighted by Gasteiger charge is 2.72. The molecule has 0 aromatic heterocycles. The zero-order valence-electron chi connectivity index (χ0n) is 4.73. The normalized spacial score (nSPS) is 73.9. The van der Waals surface area contributed by atoms with Gasteiger partial charge in [0.2, 0.25) is 0 Å². The van der Waals surface area contributed by atoms with Gasteiger partial charge in [-0.2, -0.15) is 0 Å². The molecule has 0 unspecified atom stereocenters. The lowest BCUT2D eigenvalue weighted by Crippen LogP contribution is -2.73. The molecule has 8 heavy (non-hydrogen) atoms. The van der Waals surface area contributed by atoms with E-state index in [1.807, 2.05) is 0 Å². The molecule has 0 bridgehead atoms. The fourth-order valence-electron chi connectivity index (χ4n) is 2.92.